The number of rotatable bonds is 7. The minimum atomic E-state index is -0.596. The molecule has 1 aliphatic heterocycles. The summed E-state index contributed by atoms with van der Waals surface area (Å²) in [6.07, 6.45) is 3.58. The molecule has 0 spiro atoms. The van der Waals surface area contributed by atoms with Gasteiger partial charge < -0.3 is 5.11 Å². The summed E-state index contributed by atoms with van der Waals surface area (Å²) in [6.45, 7) is 3.10. The van der Waals surface area contributed by atoms with Gasteiger partial charge in [-0.05, 0) is 35.8 Å². The van der Waals surface area contributed by atoms with Gasteiger partial charge in [0, 0.05) is 30.8 Å². The molecule has 2 heterocycles. The number of aliphatic hydroxyl groups excluding tert-OH is 1. The monoisotopic (exact) mass is 351 g/mol. The molecule has 1 aromatic carbocycles. The van der Waals surface area contributed by atoms with Gasteiger partial charge in [0.2, 0.25) is 0 Å². The molecule has 0 aliphatic carbocycles. The molecule has 1 saturated heterocycles. The van der Waals surface area contributed by atoms with Gasteiger partial charge in [-0.15, -0.1) is 5.10 Å². The molecule has 25 heavy (non-hydrogen) atoms. The molecule has 0 radical (unpaired) electrons. The van der Waals surface area contributed by atoms with E-state index in [4.69, 9.17) is 0 Å². The molecule has 6 nitrogen and oxygen atoms in total. The zero-order valence-corrected chi connectivity index (χ0v) is 14.3. The maximum atomic E-state index is 14.1. The number of aliphatic hydroxyl groups is 1. The van der Waals surface area contributed by atoms with Crippen molar-refractivity contribution in [3.8, 4) is 0 Å². The number of hydrogen-bond acceptors (Lipinski definition) is 5. The Bertz CT molecular complexity index is 708. The molecular weight excluding hydrogens is 328 g/mol. The maximum Gasteiger partial charge on any atom is 0.168 e. The number of tetrazole rings is 1. The lowest BCUT2D eigenvalue weighted by Gasteiger charge is -2.28. The summed E-state index contributed by atoms with van der Waals surface area (Å²) in [5.41, 5.74) is 0.402. The molecule has 2 aromatic rings. The van der Waals surface area contributed by atoms with E-state index in [0.29, 0.717) is 5.56 Å². The third kappa shape index (κ3) is 3.85. The third-order valence-electron chi connectivity index (χ3n) is 4.80. The Hall–Kier alpha value is -1.93. The van der Waals surface area contributed by atoms with Crippen LogP contribution in [-0.2, 0) is 13.1 Å². The highest BCUT2D eigenvalue weighted by molar-refractivity contribution is 5.19. The van der Waals surface area contributed by atoms with E-state index in [1.165, 1.54) is 12.1 Å². The molecule has 0 saturated carbocycles. The van der Waals surface area contributed by atoms with E-state index in [2.05, 4.69) is 22.4 Å². The van der Waals surface area contributed by atoms with E-state index in [1.54, 1.807) is 4.68 Å². The van der Waals surface area contributed by atoms with Crippen molar-refractivity contribution in [2.45, 2.75) is 57.8 Å². The highest BCUT2D eigenvalue weighted by atomic mass is 19.1. The van der Waals surface area contributed by atoms with Crippen LogP contribution in [0.15, 0.2) is 18.2 Å². The van der Waals surface area contributed by atoms with Gasteiger partial charge in [-0.3, -0.25) is 4.90 Å². The molecule has 0 amide bonds. The van der Waals surface area contributed by atoms with Crippen LogP contribution >= 0.6 is 0 Å². The Kier molecular flexibility index (Phi) is 5.70. The second kappa shape index (κ2) is 7.97. The lowest BCUT2D eigenvalue weighted by molar-refractivity contribution is 0.115. The van der Waals surface area contributed by atoms with Gasteiger partial charge in [-0.1, -0.05) is 19.4 Å². The van der Waals surface area contributed by atoms with E-state index in [-0.39, 0.29) is 25.2 Å². The lowest BCUT2D eigenvalue weighted by atomic mass is 10.1. The second-order valence-corrected chi connectivity index (χ2v) is 6.45. The SMILES string of the molecule is CCCCn1nnnc1[C@@H]1CC[C@@H](CO)N1Cc1ccc(F)cc1F. The standard InChI is InChI=1S/C17H23F2N5O/c1-2-3-8-24-17(20-21-22-24)16-7-6-14(11-25)23(16)10-12-4-5-13(18)9-15(12)19/h4-5,9,14,16,25H,2-3,6-8,10-11H2,1H3/t14-,16-/m0/s1. The highest BCUT2D eigenvalue weighted by Gasteiger charge is 2.37. The third-order valence-corrected chi connectivity index (χ3v) is 4.80. The summed E-state index contributed by atoms with van der Waals surface area (Å²) in [5.74, 6) is -0.429. The van der Waals surface area contributed by atoms with E-state index < -0.39 is 11.6 Å². The summed E-state index contributed by atoms with van der Waals surface area (Å²) in [7, 11) is 0. The summed E-state index contributed by atoms with van der Waals surface area (Å²) in [5, 5.41) is 21.7. The van der Waals surface area contributed by atoms with Gasteiger partial charge in [0.25, 0.3) is 0 Å². The van der Waals surface area contributed by atoms with E-state index >= 15 is 0 Å². The Morgan fingerprint density at radius 3 is 2.84 bits per heavy atom. The highest BCUT2D eigenvalue weighted by Crippen LogP contribution is 2.36. The van der Waals surface area contributed by atoms with Crippen LogP contribution in [0.1, 0.15) is 50.0 Å². The van der Waals surface area contributed by atoms with Gasteiger partial charge in [0.05, 0.1) is 12.6 Å². The summed E-state index contributed by atoms with van der Waals surface area (Å²) >= 11 is 0. The predicted molar refractivity (Wildman–Crippen MR) is 87.5 cm³/mol. The second-order valence-electron chi connectivity index (χ2n) is 6.45. The van der Waals surface area contributed by atoms with Crippen molar-refractivity contribution in [2.24, 2.45) is 0 Å². The number of benzene rings is 1. The quantitative estimate of drug-likeness (QED) is 0.830. The first kappa shape index (κ1) is 17.9. The van der Waals surface area contributed by atoms with Crippen molar-refractivity contribution < 1.29 is 13.9 Å². The van der Waals surface area contributed by atoms with Crippen molar-refractivity contribution in [2.75, 3.05) is 6.61 Å². The average Bonchev–Trinajstić information content (AvgIpc) is 3.21. The van der Waals surface area contributed by atoms with Gasteiger partial charge >= 0.3 is 0 Å². The average molecular weight is 351 g/mol. The zero-order chi connectivity index (χ0) is 17.8. The largest absolute Gasteiger partial charge is 0.395 e. The Labute approximate surface area is 145 Å². The first-order valence-electron chi connectivity index (χ1n) is 8.70. The molecule has 1 N–H and O–H groups in total. The number of nitrogens with zero attached hydrogens (tertiary/aromatic N) is 5. The molecule has 8 heteroatoms. The fourth-order valence-corrected chi connectivity index (χ4v) is 3.41. The van der Waals surface area contributed by atoms with Crippen molar-refractivity contribution >= 4 is 0 Å². The summed E-state index contributed by atoms with van der Waals surface area (Å²) in [6, 6.07) is 3.41. The normalized spacial score (nSPS) is 21.1. The van der Waals surface area contributed by atoms with Crippen LogP contribution in [0.25, 0.3) is 0 Å². The minimum Gasteiger partial charge on any atom is -0.395 e. The van der Waals surface area contributed by atoms with Crippen LogP contribution in [-0.4, -0.2) is 42.9 Å². The fraction of sp³-hybridized carbons (Fsp3) is 0.588. The Morgan fingerprint density at radius 2 is 2.12 bits per heavy atom. The van der Waals surface area contributed by atoms with Gasteiger partial charge in [-0.25, -0.2) is 13.5 Å². The maximum absolute atomic E-state index is 14.1. The Balaban J connectivity index is 1.85. The zero-order valence-electron chi connectivity index (χ0n) is 14.3. The molecular formula is C17H23F2N5O. The predicted octanol–water partition coefficient (Wildman–Crippen LogP) is 2.45. The molecule has 2 atom stereocenters. The van der Waals surface area contributed by atoms with Gasteiger partial charge in [0.1, 0.15) is 11.6 Å². The van der Waals surface area contributed by atoms with Crippen LogP contribution < -0.4 is 0 Å². The van der Waals surface area contributed by atoms with E-state index in [1.807, 2.05) is 4.90 Å². The number of unbranched alkanes of at least 4 members (excludes halogenated alkanes) is 1. The topological polar surface area (TPSA) is 67.1 Å². The van der Waals surface area contributed by atoms with Crippen molar-refractivity contribution in [3.63, 3.8) is 0 Å². The number of halogens is 2. The van der Waals surface area contributed by atoms with Gasteiger partial charge in [-0.2, -0.15) is 0 Å². The molecule has 1 fully saturated rings. The van der Waals surface area contributed by atoms with E-state index in [9.17, 15) is 13.9 Å². The summed E-state index contributed by atoms with van der Waals surface area (Å²) in [4.78, 5) is 2.02. The van der Waals surface area contributed by atoms with Crippen molar-refractivity contribution in [1.82, 2.24) is 25.1 Å². The molecule has 136 valence electrons. The molecule has 0 bridgehead atoms. The Morgan fingerprint density at radius 1 is 1.28 bits per heavy atom. The molecule has 3 rings (SSSR count). The van der Waals surface area contributed by atoms with Crippen LogP contribution in [0.2, 0.25) is 0 Å². The molecule has 1 aromatic heterocycles. The number of likely N-dealkylation sites (tertiary alicyclic amines) is 1. The summed E-state index contributed by atoms with van der Waals surface area (Å²) < 4.78 is 29.0. The van der Waals surface area contributed by atoms with Crippen LogP contribution in [0.3, 0.4) is 0 Å². The molecule has 1 aliphatic rings. The number of hydrogen-bond donors (Lipinski definition) is 1. The van der Waals surface area contributed by atoms with Crippen LogP contribution in [0.4, 0.5) is 8.78 Å². The number of aromatic nitrogens is 4. The first-order valence-corrected chi connectivity index (χ1v) is 8.70. The van der Waals surface area contributed by atoms with Crippen LogP contribution in [0, 0.1) is 11.6 Å². The fourth-order valence-electron chi connectivity index (χ4n) is 3.41. The molecule has 0 unspecified atom stereocenters. The van der Waals surface area contributed by atoms with Crippen LogP contribution in [0.5, 0.6) is 0 Å². The lowest BCUT2D eigenvalue weighted by Crippen LogP contribution is -2.35. The van der Waals surface area contributed by atoms with Gasteiger partial charge in [0.15, 0.2) is 5.82 Å². The smallest absolute Gasteiger partial charge is 0.168 e. The van der Waals surface area contributed by atoms with Crippen molar-refractivity contribution in [3.05, 3.63) is 41.2 Å². The number of aryl methyl sites for hydroxylation is 1. The first-order chi connectivity index (χ1) is 12.1. The van der Waals surface area contributed by atoms with E-state index in [0.717, 1.165) is 44.1 Å². The minimum absolute atomic E-state index is 0.0180. The van der Waals surface area contributed by atoms with Crippen molar-refractivity contribution in [1.29, 1.82) is 0 Å².